The fourth-order valence-corrected chi connectivity index (χ4v) is 4.52. The second kappa shape index (κ2) is 9.90. The molecule has 0 saturated carbocycles. The van der Waals surface area contributed by atoms with Crippen LogP contribution in [0.25, 0.3) is 0 Å². The van der Waals surface area contributed by atoms with Crippen molar-refractivity contribution in [2.45, 2.75) is 25.2 Å². The first-order valence-electron chi connectivity index (χ1n) is 11.0. The molecule has 0 bridgehead atoms. The van der Waals surface area contributed by atoms with Gasteiger partial charge in [-0.15, -0.1) is 0 Å². The molecule has 30 heavy (non-hydrogen) atoms. The summed E-state index contributed by atoms with van der Waals surface area (Å²) in [7, 11) is 0. The van der Waals surface area contributed by atoms with Gasteiger partial charge in [-0.2, -0.15) is 0 Å². The Morgan fingerprint density at radius 2 is 1.33 bits per heavy atom. The Labute approximate surface area is 178 Å². The number of piperidine rings is 1. The molecule has 0 atom stereocenters. The van der Waals surface area contributed by atoms with Crippen LogP contribution in [0.5, 0.6) is 0 Å². The summed E-state index contributed by atoms with van der Waals surface area (Å²) in [4.78, 5) is 29.8. The molecule has 0 unspecified atom stereocenters. The molecule has 2 heterocycles. The molecule has 5 nitrogen and oxygen atoms in total. The summed E-state index contributed by atoms with van der Waals surface area (Å²) in [6.07, 6.45) is 1.96. The lowest BCUT2D eigenvalue weighted by Crippen LogP contribution is -2.47. The van der Waals surface area contributed by atoms with Crippen LogP contribution in [0, 0.1) is 5.92 Å². The zero-order chi connectivity index (χ0) is 20.8. The topological polar surface area (TPSA) is 49.9 Å². The summed E-state index contributed by atoms with van der Waals surface area (Å²) in [5.41, 5.74) is 2.32. The van der Waals surface area contributed by atoms with Gasteiger partial charge in [-0.1, -0.05) is 60.7 Å². The maximum Gasteiger partial charge on any atom is 0.225 e. The number of ether oxygens (including phenoxy) is 1. The van der Waals surface area contributed by atoms with Gasteiger partial charge in [-0.3, -0.25) is 9.59 Å². The Bertz CT molecular complexity index is 786. The molecule has 158 valence electrons. The van der Waals surface area contributed by atoms with Crippen molar-refractivity contribution in [1.29, 1.82) is 0 Å². The Balaban J connectivity index is 1.37. The largest absolute Gasteiger partial charge is 0.378 e. The molecule has 2 amide bonds. The normalized spacial score (nSPS) is 17.9. The number of carbonyl (C=O) groups is 2. The van der Waals surface area contributed by atoms with Gasteiger partial charge < -0.3 is 14.5 Å². The maximum atomic E-state index is 13.1. The molecule has 2 saturated heterocycles. The van der Waals surface area contributed by atoms with Crippen LogP contribution in [0.4, 0.5) is 0 Å². The Hall–Kier alpha value is -2.66. The summed E-state index contributed by atoms with van der Waals surface area (Å²) in [6.45, 7) is 3.96. The number of likely N-dealkylation sites (tertiary alicyclic amines) is 1. The lowest BCUT2D eigenvalue weighted by Gasteiger charge is -2.36. The maximum absolute atomic E-state index is 13.1. The van der Waals surface area contributed by atoms with E-state index in [2.05, 4.69) is 24.3 Å². The standard InChI is InChI=1S/C25H30N2O3/c28-24(19-23(20-7-3-1-4-8-20)21-9-5-2-6-10-21)26-13-11-22(12-14-26)25(29)27-15-17-30-18-16-27/h1-10,22-23H,11-19H2. The predicted molar refractivity (Wildman–Crippen MR) is 116 cm³/mol. The van der Waals surface area contributed by atoms with Crippen LogP contribution in [-0.4, -0.2) is 61.0 Å². The van der Waals surface area contributed by atoms with Crippen molar-refractivity contribution in [1.82, 2.24) is 9.80 Å². The van der Waals surface area contributed by atoms with Crippen LogP contribution in [0.1, 0.15) is 36.3 Å². The summed E-state index contributed by atoms with van der Waals surface area (Å²) in [5, 5.41) is 0. The minimum atomic E-state index is 0.0335. The third-order valence-electron chi connectivity index (χ3n) is 6.30. The number of hydrogen-bond acceptors (Lipinski definition) is 3. The summed E-state index contributed by atoms with van der Waals surface area (Å²) < 4.78 is 5.35. The molecular formula is C25H30N2O3. The van der Waals surface area contributed by atoms with E-state index >= 15 is 0 Å². The van der Waals surface area contributed by atoms with Crippen LogP contribution < -0.4 is 0 Å². The first-order chi connectivity index (χ1) is 14.7. The minimum Gasteiger partial charge on any atom is -0.378 e. The molecule has 2 aromatic rings. The van der Waals surface area contributed by atoms with Gasteiger partial charge in [-0.25, -0.2) is 0 Å². The number of amides is 2. The number of carbonyl (C=O) groups excluding carboxylic acids is 2. The fraction of sp³-hybridized carbons (Fsp3) is 0.440. The predicted octanol–water partition coefficient (Wildman–Crippen LogP) is 3.31. The van der Waals surface area contributed by atoms with E-state index in [0.29, 0.717) is 45.8 Å². The zero-order valence-electron chi connectivity index (χ0n) is 17.4. The van der Waals surface area contributed by atoms with Crippen molar-refractivity contribution < 1.29 is 14.3 Å². The van der Waals surface area contributed by atoms with Crippen LogP contribution in [0.2, 0.25) is 0 Å². The summed E-state index contributed by atoms with van der Waals surface area (Å²) in [5.74, 6) is 0.487. The molecule has 2 aliphatic heterocycles. The molecule has 2 aromatic carbocycles. The van der Waals surface area contributed by atoms with Gasteiger partial charge in [-0.05, 0) is 24.0 Å². The number of morpholine rings is 1. The van der Waals surface area contributed by atoms with Gasteiger partial charge in [0, 0.05) is 44.4 Å². The zero-order valence-corrected chi connectivity index (χ0v) is 17.4. The number of nitrogens with zero attached hydrogens (tertiary/aromatic N) is 2. The van der Waals surface area contributed by atoms with Gasteiger partial charge in [0.25, 0.3) is 0 Å². The van der Waals surface area contributed by atoms with Crippen LogP contribution >= 0.6 is 0 Å². The van der Waals surface area contributed by atoms with Gasteiger partial charge in [0.1, 0.15) is 0 Å². The highest BCUT2D eigenvalue weighted by Crippen LogP contribution is 2.30. The van der Waals surface area contributed by atoms with E-state index in [0.717, 1.165) is 24.0 Å². The number of benzene rings is 2. The average molecular weight is 407 g/mol. The van der Waals surface area contributed by atoms with Crippen LogP contribution in [0.15, 0.2) is 60.7 Å². The van der Waals surface area contributed by atoms with Crippen molar-refractivity contribution in [3.63, 3.8) is 0 Å². The van der Waals surface area contributed by atoms with Gasteiger partial charge >= 0.3 is 0 Å². The van der Waals surface area contributed by atoms with E-state index < -0.39 is 0 Å². The molecule has 0 N–H and O–H groups in total. The van der Waals surface area contributed by atoms with Gasteiger partial charge in [0.05, 0.1) is 13.2 Å². The monoisotopic (exact) mass is 406 g/mol. The average Bonchev–Trinajstić information content (AvgIpc) is 2.83. The highest BCUT2D eigenvalue weighted by Gasteiger charge is 2.31. The van der Waals surface area contributed by atoms with E-state index in [9.17, 15) is 9.59 Å². The molecule has 2 aliphatic rings. The molecule has 2 fully saturated rings. The second-order valence-corrected chi connectivity index (χ2v) is 8.17. The first kappa shape index (κ1) is 20.6. The van der Waals surface area contributed by atoms with E-state index in [1.54, 1.807) is 0 Å². The van der Waals surface area contributed by atoms with Crippen LogP contribution in [0.3, 0.4) is 0 Å². The Morgan fingerprint density at radius 1 is 0.800 bits per heavy atom. The first-order valence-corrected chi connectivity index (χ1v) is 11.0. The number of rotatable bonds is 5. The third-order valence-corrected chi connectivity index (χ3v) is 6.30. The van der Waals surface area contributed by atoms with Crippen LogP contribution in [-0.2, 0) is 14.3 Å². The van der Waals surface area contributed by atoms with Crippen molar-refractivity contribution >= 4 is 11.8 Å². The Morgan fingerprint density at radius 3 is 1.87 bits per heavy atom. The molecule has 0 spiro atoms. The van der Waals surface area contributed by atoms with Crippen molar-refractivity contribution in [2.24, 2.45) is 5.92 Å². The molecule has 0 aliphatic carbocycles. The number of hydrogen-bond donors (Lipinski definition) is 0. The fourth-order valence-electron chi connectivity index (χ4n) is 4.52. The van der Waals surface area contributed by atoms with E-state index in [4.69, 9.17) is 4.74 Å². The minimum absolute atomic E-state index is 0.0335. The smallest absolute Gasteiger partial charge is 0.225 e. The summed E-state index contributed by atoms with van der Waals surface area (Å²) in [6, 6.07) is 20.5. The van der Waals surface area contributed by atoms with Crippen molar-refractivity contribution in [2.75, 3.05) is 39.4 Å². The summed E-state index contributed by atoms with van der Waals surface area (Å²) >= 11 is 0. The van der Waals surface area contributed by atoms with Crippen molar-refractivity contribution in [3.8, 4) is 0 Å². The Kier molecular flexibility index (Phi) is 6.80. The quantitative estimate of drug-likeness (QED) is 0.766. The second-order valence-electron chi connectivity index (χ2n) is 8.17. The third kappa shape index (κ3) is 4.90. The molecule has 5 heteroatoms. The molecular weight excluding hydrogens is 376 g/mol. The van der Waals surface area contributed by atoms with Gasteiger partial charge in [0.15, 0.2) is 0 Å². The molecule has 0 aromatic heterocycles. The lowest BCUT2D eigenvalue weighted by atomic mass is 9.87. The van der Waals surface area contributed by atoms with Crippen molar-refractivity contribution in [3.05, 3.63) is 71.8 Å². The van der Waals surface area contributed by atoms with E-state index in [1.165, 1.54) is 0 Å². The highest BCUT2D eigenvalue weighted by molar-refractivity contribution is 5.81. The molecule has 0 radical (unpaired) electrons. The van der Waals surface area contributed by atoms with E-state index in [1.807, 2.05) is 46.2 Å². The molecule has 4 rings (SSSR count). The van der Waals surface area contributed by atoms with E-state index in [-0.39, 0.29) is 23.7 Å². The SMILES string of the molecule is O=C(CC(c1ccccc1)c1ccccc1)N1CCC(C(=O)N2CCOCC2)CC1. The van der Waals surface area contributed by atoms with Gasteiger partial charge in [0.2, 0.25) is 11.8 Å². The lowest BCUT2D eigenvalue weighted by molar-refractivity contribution is -0.143. The highest BCUT2D eigenvalue weighted by atomic mass is 16.5.